The van der Waals surface area contributed by atoms with E-state index in [1.54, 1.807) is 0 Å². The van der Waals surface area contributed by atoms with E-state index in [0.717, 1.165) is 0 Å². The van der Waals surface area contributed by atoms with Crippen LogP contribution in [0.25, 0.3) is 0 Å². The third-order valence-corrected chi connectivity index (χ3v) is 0. The molecule has 0 aliphatic heterocycles. The minimum absolute atomic E-state index is 0. The fourth-order valence-corrected chi connectivity index (χ4v) is 0. The van der Waals surface area contributed by atoms with Gasteiger partial charge >= 0.3 is 16.8 Å². The molecule has 0 amide bonds. The quantitative estimate of drug-likeness (QED) is 0.308. The van der Waals surface area contributed by atoms with Gasteiger partial charge in [0.1, 0.15) is 0 Å². The van der Waals surface area contributed by atoms with Gasteiger partial charge in [-0.15, -0.1) is 0 Å². The molecule has 14 heteroatoms. The topological polar surface area (TPSA) is 290 Å². The second-order valence-electron chi connectivity index (χ2n) is 0.447. The molecule has 1 radical (unpaired) electrons. The van der Waals surface area contributed by atoms with E-state index in [-0.39, 0.29) is 44.2 Å². The van der Waals surface area contributed by atoms with E-state index in [1.165, 1.54) is 0 Å². The van der Waals surface area contributed by atoms with Crippen molar-refractivity contribution in [3.8, 4) is 0 Å². The molecule has 95 valence electrons. The van der Waals surface area contributed by atoms with Gasteiger partial charge in [0, 0.05) is 0 Å². The van der Waals surface area contributed by atoms with Crippen LogP contribution in [0.5, 0.6) is 0 Å². The van der Waals surface area contributed by atoms with Crippen molar-refractivity contribution in [3.63, 3.8) is 0 Å². The summed E-state index contributed by atoms with van der Waals surface area (Å²) in [4.78, 5) is 16.5. The normalized spacial score (nSPS) is 3.43. The molecule has 0 aliphatic rings. The Morgan fingerprint density at radius 3 is 0.571 bits per heavy atom. The molecular formula is H10CoN2O11. The molecule has 0 rings (SSSR count). The van der Waals surface area contributed by atoms with Gasteiger partial charge in [-0.3, -0.25) is 0 Å². The zero-order chi connectivity index (χ0) is 7.15. The van der Waals surface area contributed by atoms with Gasteiger partial charge in [0.05, 0.1) is 10.2 Å². The number of hydrogen-bond acceptors (Lipinski definition) is 6. The first-order chi connectivity index (χ1) is 3.46. The fourth-order valence-electron chi connectivity index (χ4n) is 0. The molecule has 0 saturated heterocycles. The molecule has 0 atom stereocenters. The van der Waals surface area contributed by atoms with Crippen LogP contribution in [0.1, 0.15) is 0 Å². The van der Waals surface area contributed by atoms with Crippen LogP contribution in [0.4, 0.5) is 0 Å². The Hall–Kier alpha value is -1.29. The molecule has 14 heavy (non-hydrogen) atoms. The molecule has 0 heterocycles. The Bertz CT molecular complexity index is 71.3. The fraction of sp³-hybridized carbons (Fsp3) is 0. The smallest absolute Gasteiger partial charge is 0.412 e. The van der Waals surface area contributed by atoms with Crippen LogP contribution in [0.3, 0.4) is 0 Å². The summed E-state index contributed by atoms with van der Waals surface area (Å²) in [5, 5.41) is 29.5. The van der Waals surface area contributed by atoms with Gasteiger partial charge in [0.2, 0.25) is 0 Å². The van der Waals surface area contributed by atoms with Crippen molar-refractivity contribution in [2.75, 3.05) is 0 Å². The Morgan fingerprint density at radius 2 is 0.571 bits per heavy atom. The molecule has 0 fully saturated rings. The maximum Gasteiger partial charge on any atom is 2.00 e. The average Bonchev–Trinajstić information content (AvgIpc) is 1.25. The summed E-state index contributed by atoms with van der Waals surface area (Å²) >= 11 is 0. The molecule has 0 unspecified atom stereocenters. The van der Waals surface area contributed by atoms with E-state index < -0.39 is 10.2 Å². The predicted molar refractivity (Wildman–Crippen MR) is 38.8 cm³/mol. The maximum absolute atomic E-state index is 8.25. The third kappa shape index (κ3) is 603. The van der Waals surface area contributed by atoms with Gasteiger partial charge in [-0.05, 0) is 0 Å². The van der Waals surface area contributed by atoms with E-state index >= 15 is 0 Å². The maximum atomic E-state index is 8.25. The summed E-state index contributed by atoms with van der Waals surface area (Å²) in [6.45, 7) is 0. The van der Waals surface area contributed by atoms with Gasteiger partial charge in [-0.25, -0.2) is 0 Å². The van der Waals surface area contributed by atoms with Crippen molar-refractivity contribution in [1.29, 1.82) is 0 Å². The number of hydrogen-bond donors (Lipinski definition) is 0. The largest absolute Gasteiger partial charge is 2.00 e. The van der Waals surface area contributed by atoms with Crippen molar-refractivity contribution >= 4 is 0 Å². The molecular weight excluding hydrogens is 263 g/mol. The van der Waals surface area contributed by atoms with Crippen molar-refractivity contribution in [2.45, 2.75) is 0 Å². The molecule has 0 bridgehead atoms. The van der Waals surface area contributed by atoms with Crippen LogP contribution in [-0.2, 0) is 16.8 Å². The van der Waals surface area contributed by atoms with Crippen molar-refractivity contribution in [3.05, 3.63) is 30.6 Å². The molecule has 0 aromatic rings. The SMILES string of the molecule is O.O.O.O.O.O=[N+]([O-])[O-].O=[N+]([O-])[O-].[Co+2]. The van der Waals surface area contributed by atoms with Crippen LogP contribution in [0, 0.1) is 30.6 Å². The predicted octanol–water partition coefficient (Wildman–Crippen LogP) is -4.60. The summed E-state index contributed by atoms with van der Waals surface area (Å²) in [6.07, 6.45) is 0. The van der Waals surface area contributed by atoms with Crippen LogP contribution in [0.2, 0.25) is 0 Å². The van der Waals surface area contributed by atoms with E-state index in [4.69, 9.17) is 30.6 Å². The molecule has 0 saturated carbocycles. The minimum Gasteiger partial charge on any atom is -0.412 e. The third-order valence-electron chi connectivity index (χ3n) is 0. The molecule has 0 spiro atoms. The summed E-state index contributed by atoms with van der Waals surface area (Å²) in [5.41, 5.74) is 0. The van der Waals surface area contributed by atoms with Gasteiger partial charge in [-0.1, -0.05) is 0 Å². The Morgan fingerprint density at radius 1 is 0.571 bits per heavy atom. The molecule has 0 aromatic carbocycles. The second-order valence-corrected chi connectivity index (χ2v) is 0.447. The Balaban J connectivity index is -0.00000000600. The monoisotopic (exact) mass is 273 g/mol. The van der Waals surface area contributed by atoms with Crippen molar-refractivity contribution in [2.24, 2.45) is 0 Å². The van der Waals surface area contributed by atoms with E-state index in [0.29, 0.717) is 0 Å². The van der Waals surface area contributed by atoms with Gasteiger partial charge in [0.25, 0.3) is 0 Å². The first kappa shape index (κ1) is 78.6. The van der Waals surface area contributed by atoms with Crippen LogP contribution < -0.4 is 0 Å². The molecule has 10 N–H and O–H groups in total. The molecule has 0 aromatic heterocycles. The first-order valence-electron chi connectivity index (χ1n) is 1.10. The van der Waals surface area contributed by atoms with Gasteiger partial charge < -0.3 is 58.0 Å². The zero-order valence-electron chi connectivity index (χ0n) is 6.18. The Labute approximate surface area is 85.9 Å². The second kappa shape index (κ2) is 60.6. The number of rotatable bonds is 0. The summed E-state index contributed by atoms with van der Waals surface area (Å²) < 4.78 is 0. The standard InChI is InChI=1S/Co.2NO3.5H2O/c;2*2-1(3)4;;;;;/h;;;5*1H2/q+2;2*-1;;;;;. The Kier molecular flexibility index (Phi) is 340. The van der Waals surface area contributed by atoms with Crippen LogP contribution in [0.15, 0.2) is 0 Å². The van der Waals surface area contributed by atoms with E-state index in [2.05, 4.69) is 0 Å². The first-order valence-corrected chi connectivity index (χ1v) is 1.10. The van der Waals surface area contributed by atoms with E-state index in [9.17, 15) is 0 Å². The van der Waals surface area contributed by atoms with Crippen molar-refractivity contribution in [1.82, 2.24) is 0 Å². The van der Waals surface area contributed by atoms with Gasteiger partial charge in [0.15, 0.2) is 0 Å². The summed E-state index contributed by atoms with van der Waals surface area (Å²) in [7, 11) is 0. The molecule has 13 nitrogen and oxygen atoms in total. The molecule has 0 aliphatic carbocycles. The number of nitrogens with zero attached hydrogens (tertiary/aromatic N) is 2. The summed E-state index contributed by atoms with van der Waals surface area (Å²) in [6, 6.07) is 0. The summed E-state index contributed by atoms with van der Waals surface area (Å²) in [5.74, 6) is 0. The van der Waals surface area contributed by atoms with E-state index in [1.807, 2.05) is 0 Å². The average molecular weight is 273 g/mol. The minimum atomic E-state index is -1.75. The van der Waals surface area contributed by atoms with Crippen molar-refractivity contribution < 1.29 is 54.3 Å². The van der Waals surface area contributed by atoms with Gasteiger partial charge in [-0.2, -0.15) is 0 Å². The zero-order valence-corrected chi connectivity index (χ0v) is 7.22. The van der Waals surface area contributed by atoms with Crippen LogP contribution >= 0.6 is 0 Å². The van der Waals surface area contributed by atoms with Crippen LogP contribution in [-0.4, -0.2) is 37.6 Å².